The highest BCUT2D eigenvalue weighted by Gasteiger charge is 1.94. The van der Waals surface area contributed by atoms with Gasteiger partial charge in [0.2, 0.25) is 0 Å². The van der Waals surface area contributed by atoms with Crippen molar-refractivity contribution < 1.29 is 22.3 Å². The first-order valence-corrected chi connectivity index (χ1v) is 4.11. The minimum absolute atomic E-state index is 0.338. The summed E-state index contributed by atoms with van der Waals surface area (Å²) >= 11 is 0. The molecule has 11 heavy (non-hydrogen) atoms. The van der Waals surface area contributed by atoms with Crippen molar-refractivity contribution in [2.45, 2.75) is 13.0 Å². The molecule has 0 spiro atoms. The van der Waals surface area contributed by atoms with Gasteiger partial charge >= 0.3 is 10.4 Å². The van der Waals surface area contributed by atoms with E-state index >= 15 is 0 Å². The van der Waals surface area contributed by atoms with Gasteiger partial charge in [0.25, 0.3) is 0 Å². The topological polar surface area (TPSA) is 110 Å². The maximum Gasteiger partial charge on any atom is 0.397 e. The average molecular weight is 187 g/mol. The van der Waals surface area contributed by atoms with E-state index in [1.54, 1.807) is 6.92 Å². The van der Waals surface area contributed by atoms with E-state index in [0.29, 0.717) is 6.54 Å². The van der Waals surface area contributed by atoms with E-state index in [-0.39, 0.29) is 6.10 Å². The molecular formula is C4H13NO5S. The van der Waals surface area contributed by atoms with Gasteiger partial charge in [-0.25, -0.2) is 0 Å². The number of rotatable bonds is 2. The molecule has 0 aliphatic carbocycles. The van der Waals surface area contributed by atoms with E-state index in [1.165, 1.54) is 0 Å². The summed E-state index contributed by atoms with van der Waals surface area (Å²) in [5.41, 5.74) is 4.92. The van der Waals surface area contributed by atoms with Crippen molar-refractivity contribution in [3.8, 4) is 0 Å². The summed E-state index contributed by atoms with van der Waals surface area (Å²) in [5, 5.41) is 8.24. The van der Waals surface area contributed by atoms with Crippen molar-refractivity contribution in [3.63, 3.8) is 0 Å². The van der Waals surface area contributed by atoms with Gasteiger partial charge < -0.3 is 10.8 Å². The summed E-state index contributed by atoms with van der Waals surface area (Å²) < 4.78 is 29.7. The number of nitrogens with two attached hydrogens (primary N) is 1. The zero-order valence-corrected chi connectivity index (χ0v) is 7.21. The third kappa shape index (κ3) is 25.9. The Morgan fingerprint density at radius 2 is 1.82 bits per heavy atom. The molecule has 1 unspecified atom stereocenters. The van der Waals surface area contributed by atoms with Crippen LogP contribution in [0.3, 0.4) is 0 Å². The summed E-state index contributed by atoms with van der Waals surface area (Å²) in [4.78, 5) is 0. The Kier molecular flexibility index (Phi) is 7.91. The van der Waals surface area contributed by atoms with Gasteiger partial charge in [0.05, 0.1) is 13.2 Å². The van der Waals surface area contributed by atoms with Crippen LogP contribution in [0.4, 0.5) is 0 Å². The van der Waals surface area contributed by atoms with Crippen LogP contribution in [0.5, 0.6) is 0 Å². The molecule has 0 amide bonds. The lowest BCUT2D eigenvalue weighted by molar-refractivity contribution is 0.203. The standard InChI is InChI=1S/C3H9NO.CH4O4S/c1-3(5)2-4;1-5-6(2,3)4/h3,5H,2,4H2,1H3;1H3,(H,2,3,4). The van der Waals surface area contributed by atoms with Gasteiger partial charge in [0.15, 0.2) is 0 Å². The summed E-state index contributed by atoms with van der Waals surface area (Å²) in [5.74, 6) is 0. The monoisotopic (exact) mass is 187 g/mol. The van der Waals surface area contributed by atoms with Gasteiger partial charge in [-0.1, -0.05) is 0 Å². The molecule has 0 fully saturated rings. The van der Waals surface area contributed by atoms with Crippen LogP contribution in [-0.4, -0.2) is 37.8 Å². The van der Waals surface area contributed by atoms with Crippen molar-refractivity contribution >= 4 is 10.4 Å². The summed E-state index contributed by atoms with van der Waals surface area (Å²) in [6.45, 7) is 2.01. The molecule has 0 aliphatic heterocycles. The lowest BCUT2D eigenvalue weighted by atomic mass is 10.4. The highest BCUT2D eigenvalue weighted by Crippen LogP contribution is 1.74. The number of aliphatic hydroxyl groups excluding tert-OH is 1. The van der Waals surface area contributed by atoms with Crippen molar-refractivity contribution in [2.24, 2.45) is 5.73 Å². The number of hydrogen-bond acceptors (Lipinski definition) is 5. The van der Waals surface area contributed by atoms with Crippen LogP contribution in [0.15, 0.2) is 0 Å². The molecule has 6 nitrogen and oxygen atoms in total. The van der Waals surface area contributed by atoms with Crippen LogP contribution in [0.2, 0.25) is 0 Å². The highest BCUT2D eigenvalue weighted by molar-refractivity contribution is 7.80. The van der Waals surface area contributed by atoms with Gasteiger partial charge in [-0.3, -0.25) is 8.74 Å². The molecule has 0 bridgehead atoms. The molecular weight excluding hydrogens is 174 g/mol. The third-order valence-electron chi connectivity index (χ3n) is 0.552. The first-order valence-electron chi connectivity index (χ1n) is 2.74. The zero-order chi connectivity index (χ0) is 9.49. The smallest absolute Gasteiger partial charge is 0.392 e. The fourth-order valence-corrected chi connectivity index (χ4v) is 0. The molecule has 0 rings (SSSR count). The van der Waals surface area contributed by atoms with Crippen LogP contribution in [0, 0.1) is 0 Å². The molecule has 0 radical (unpaired) electrons. The van der Waals surface area contributed by atoms with Crippen molar-refractivity contribution in [1.29, 1.82) is 0 Å². The molecule has 0 saturated heterocycles. The largest absolute Gasteiger partial charge is 0.397 e. The van der Waals surface area contributed by atoms with Crippen molar-refractivity contribution in [3.05, 3.63) is 0 Å². The minimum atomic E-state index is -4.16. The molecule has 0 heterocycles. The van der Waals surface area contributed by atoms with Crippen LogP contribution >= 0.6 is 0 Å². The van der Waals surface area contributed by atoms with Gasteiger partial charge in [0, 0.05) is 6.54 Å². The first-order chi connectivity index (χ1) is 4.83. The Morgan fingerprint density at radius 3 is 1.82 bits per heavy atom. The lowest BCUT2D eigenvalue weighted by Crippen LogP contribution is -2.14. The summed E-state index contributed by atoms with van der Waals surface area (Å²) in [6.07, 6.45) is -0.338. The molecule has 0 saturated carbocycles. The van der Waals surface area contributed by atoms with Crippen LogP contribution in [0.25, 0.3) is 0 Å². The fraction of sp³-hybridized carbons (Fsp3) is 1.00. The Hall–Kier alpha value is -0.210. The third-order valence-corrected chi connectivity index (χ3v) is 0.973. The molecule has 4 N–H and O–H groups in total. The van der Waals surface area contributed by atoms with Gasteiger partial charge in [-0.05, 0) is 6.92 Å². The Morgan fingerprint density at radius 1 is 1.64 bits per heavy atom. The number of aliphatic hydroxyl groups is 1. The van der Waals surface area contributed by atoms with Crippen LogP contribution in [-0.2, 0) is 14.6 Å². The summed E-state index contributed by atoms with van der Waals surface area (Å²) in [6, 6.07) is 0. The van der Waals surface area contributed by atoms with E-state index in [2.05, 4.69) is 4.18 Å². The van der Waals surface area contributed by atoms with Gasteiger partial charge in [-0.2, -0.15) is 8.42 Å². The molecule has 0 aromatic heterocycles. The minimum Gasteiger partial charge on any atom is -0.392 e. The Bertz CT molecular complexity index is 163. The number of hydrogen-bond donors (Lipinski definition) is 3. The molecule has 1 atom stereocenters. The van der Waals surface area contributed by atoms with Crippen LogP contribution < -0.4 is 5.73 Å². The Balaban J connectivity index is 0. The first kappa shape index (κ1) is 13.4. The lowest BCUT2D eigenvalue weighted by Gasteiger charge is -1.91. The highest BCUT2D eigenvalue weighted by atomic mass is 32.3. The van der Waals surface area contributed by atoms with Crippen LogP contribution in [0.1, 0.15) is 6.92 Å². The molecule has 7 heteroatoms. The molecule has 0 aromatic rings. The zero-order valence-electron chi connectivity index (χ0n) is 6.39. The maximum atomic E-state index is 9.33. The predicted molar refractivity (Wildman–Crippen MR) is 39.3 cm³/mol. The second kappa shape index (κ2) is 6.50. The van der Waals surface area contributed by atoms with Gasteiger partial charge in [0.1, 0.15) is 0 Å². The maximum absolute atomic E-state index is 9.33. The van der Waals surface area contributed by atoms with E-state index < -0.39 is 10.4 Å². The predicted octanol–water partition coefficient (Wildman–Crippen LogP) is -1.24. The molecule has 70 valence electrons. The SMILES string of the molecule is CC(O)CN.COS(=O)(=O)O. The van der Waals surface area contributed by atoms with E-state index in [9.17, 15) is 8.42 Å². The summed E-state index contributed by atoms with van der Waals surface area (Å²) in [7, 11) is -3.29. The second-order valence-corrected chi connectivity index (χ2v) is 2.87. The molecule has 0 aromatic carbocycles. The van der Waals surface area contributed by atoms with E-state index in [1.807, 2.05) is 0 Å². The van der Waals surface area contributed by atoms with Crippen molar-refractivity contribution in [2.75, 3.05) is 13.7 Å². The van der Waals surface area contributed by atoms with Gasteiger partial charge in [-0.15, -0.1) is 0 Å². The van der Waals surface area contributed by atoms with Crippen molar-refractivity contribution in [1.82, 2.24) is 0 Å². The Labute approximate surface area is 65.9 Å². The fourth-order valence-electron chi connectivity index (χ4n) is 0. The normalized spacial score (nSPS) is 13.2. The molecule has 0 aliphatic rings. The average Bonchev–Trinajstić information content (AvgIpc) is 1.88. The second-order valence-electron chi connectivity index (χ2n) is 1.68. The quantitative estimate of drug-likeness (QED) is 0.466. The van der Waals surface area contributed by atoms with E-state index in [0.717, 1.165) is 7.11 Å². The van der Waals surface area contributed by atoms with E-state index in [4.69, 9.17) is 15.4 Å².